The predicted octanol–water partition coefficient (Wildman–Crippen LogP) is 2.60. The summed E-state index contributed by atoms with van der Waals surface area (Å²) in [4.78, 5) is 11.1. The molecule has 1 aromatic rings. The molecule has 1 N–H and O–H groups in total. The Kier molecular flexibility index (Phi) is 4.66. The maximum Gasteiger partial charge on any atom is 0.364 e. The van der Waals surface area contributed by atoms with E-state index >= 15 is 0 Å². The summed E-state index contributed by atoms with van der Waals surface area (Å²) in [6.45, 7) is 5.23. The molecule has 0 spiro atoms. The van der Waals surface area contributed by atoms with E-state index in [0.717, 1.165) is 5.56 Å². The summed E-state index contributed by atoms with van der Waals surface area (Å²) in [7, 11) is 0. The molecule has 4 heteroatoms. The Morgan fingerprint density at radius 3 is 2.47 bits per heavy atom. The predicted molar refractivity (Wildman–Crippen MR) is 63.6 cm³/mol. The van der Waals surface area contributed by atoms with Gasteiger partial charge in [-0.3, -0.25) is 0 Å². The van der Waals surface area contributed by atoms with Gasteiger partial charge in [0, 0.05) is 13.5 Å². The Hall–Kier alpha value is -1.39. The van der Waals surface area contributed by atoms with E-state index in [0.29, 0.717) is 0 Å². The maximum atomic E-state index is 11.1. The van der Waals surface area contributed by atoms with Crippen molar-refractivity contribution in [1.82, 2.24) is 0 Å². The van der Waals surface area contributed by atoms with Gasteiger partial charge >= 0.3 is 5.97 Å². The first-order valence-corrected chi connectivity index (χ1v) is 5.59. The maximum absolute atomic E-state index is 11.1. The van der Waals surface area contributed by atoms with Gasteiger partial charge in [-0.05, 0) is 19.4 Å². The number of carbonyl (C=O) groups is 1. The van der Waals surface area contributed by atoms with Gasteiger partial charge in [0.25, 0.3) is 5.79 Å². The molecule has 2 unspecified atom stereocenters. The Morgan fingerprint density at radius 1 is 1.41 bits per heavy atom. The lowest BCUT2D eigenvalue weighted by Gasteiger charge is -2.28. The zero-order valence-corrected chi connectivity index (χ0v) is 10.3. The molecular weight excluding hydrogens is 220 g/mol. The lowest BCUT2D eigenvalue weighted by Crippen LogP contribution is -2.42. The van der Waals surface area contributed by atoms with Gasteiger partial charge in [-0.25, -0.2) is 4.79 Å². The second-order valence-corrected chi connectivity index (χ2v) is 3.85. The van der Waals surface area contributed by atoms with Crippen molar-refractivity contribution in [2.45, 2.75) is 32.7 Å². The Bertz CT molecular complexity index is 363. The highest BCUT2D eigenvalue weighted by Gasteiger charge is 2.37. The van der Waals surface area contributed by atoms with Crippen molar-refractivity contribution in [3.8, 4) is 0 Å². The van der Waals surface area contributed by atoms with Crippen LogP contribution in [0.1, 0.15) is 32.4 Å². The third-order valence-electron chi connectivity index (χ3n) is 2.48. The summed E-state index contributed by atoms with van der Waals surface area (Å²) in [5.41, 5.74) is 0.916. The van der Waals surface area contributed by atoms with Crippen molar-refractivity contribution in [2.24, 2.45) is 0 Å². The molecule has 0 saturated heterocycles. The van der Waals surface area contributed by atoms with Crippen molar-refractivity contribution in [3.05, 3.63) is 35.9 Å². The molecule has 1 rings (SSSR count). The number of carboxylic acids is 1. The van der Waals surface area contributed by atoms with Gasteiger partial charge < -0.3 is 14.6 Å². The first-order chi connectivity index (χ1) is 7.99. The van der Waals surface area contributed by atoms with E-state index in [-0.39, 0.29) is 12.7 Å². The van der Waals surface area contributed by atoms with Crippen molar-refractivity contribution < 1.29 is 19.4 Å². The van der Waals surface area contributed by atoms with E-state index in [9.17, 15) is 4.79 Å². The standard InChI is InChI=1S/C13H18O4/c1-4-16-13(3,12(14)15)17-10(2)11-8-6-5-7-9-11/h5-10H,4H2,1-3H3,(H,14,15). The number of aliphatic carboxylic acids is 1. The molecule has 94 valence electrons. The van der Waals surface area contributed by atoms with Gasteiger partial charge in [-0.2, -0.15) is 0 Å². The summed E-state index contributed by atoms with van der Waals surface area (Å²) in [6.07, 6.45) is -0.344. The first-order valence-electron chi connectivity index (χ1n) is 5.59. The molecule has 0 aromatic heterocycles. The summed E-state index contributed by atoms with van der Waals surface area (Å²) in [5, 5.41) is 9.11. The smallest absolute Gasteiger partial charge is 0.364 e. The fourth-order valence-corrected chi connectivity index (χ4v) is 1.55. The minimum absolute atomic E-state index is 0.282. The third-order valence-corrected chi connectivity index (χ3v) is 2.48. The normalized spacial score (nSPS) is 16.2. The summed E-state index contributed by atoms with van der Waals surface area (Å²) in [6, 6.07) is 9.44. The molecule has 0 aliphatic carbocycles. The van der Waals surface area contributed by atoms with Crippen LogP contribution in [-0.2, 0) is 14.3 Å². The van der Waals surface area contributed by atoms with E-state index in [4.69, 9.17) is 14.6 Å². The van der Waals surface area contributed by atoms with Crippen molar-refractivity contribution in [2.75, 3.05) is 6.61 Å². The average Bonchev–Trinajstić information content (AvgIpc) is 2.30. The van der Waals surface area contributed by atoms with Crippen LogP contribution in [0.4, 0.5) is 0 Å². The average molecular weight is 238 g/mol. The molecule has 0 saturated carbocycles. The Morgan fingerprint density at radius 2 is 2.00 bits per heavy atom. The van der Waals surface area contributed by atoms with Crippen LogP contribution in [0.25, 0.3) is 0 Å². The van der Waals surface area contributed by atoms with E-state index in [2.05, 4.69) is 0 Å². The number of hydrogen-bond donors (Lipinski definition) is 1. The lowest BCUT2D eigenvalue weighted by molar-refractivity contribution is -0.250. The molecule has 0 aliphatic heterocycles. The van der Waals surface area contributed by atoms with Crippen LogP contribution in [0, 0.1) is 0 Å². The van der Waals surface area contributed by atoms with Crippen LogP contribution >= 0.6 is 0 Å². The highest BCUT2D eigenvalue weighted by atomic mass is 16.7. The molecule has 17 heavy (non-hydrogen) atoms. The number of carboxylic acid groups (broad SMARTS) is 1. The SMILES string of the molecule is CCOC(C)(OC(C)c1ccccc1)C(=O)O. The van der Waals surface area contributed by atoms with Crippen LogP contribution < -0.4 is 0 Å². The van der Waals surface area contributed by atoms with Gasteiger partial charge in [0.05, 0.1) is 6.10 Å². The fraction of sp³-hybridized carbons (Fsp3) is 0.462. The summed E-state index contributed by atoms with van der Waals surface area (Å²) in [5.74, 6) is -2.73. The van der Waals surface area contributed by atoms with Crippen molar-refractivity contribution in [3.63, 3.8) is 0 Å². The second kappa shape index (κ2) is 5.80. The molecule has 0 heterocycles. The Balaban J connectivity index is 2.78. The molecule has 1 aromatic carbocycles. The molecular formula is C13H18O4. The highest BCUT2D eigenvalue weighted by Crippen LogP contribution is 2.25. The number of rotatable bonds is 6. The minimum Gasteiger partial charge on any atom is -0.477 e. The molecule has 0 fully saturated rings. The van der Waals surface area contributed by atoms with Crippen molar-refractivity contribution in [1.29, 1.82) is 0 Å². The van der Waals surface area contributed by atoms with Crippen LogP contribution in [0.15, 0.2) is 30.3 Å². The monoisotopic (exact) mass is 238 g/mol. The van der Waals surface area contributed by atoms with Gasteiger partial charge in [0.2, 0.25) is 0 Å². The lowest BCUT2D eigenvalue weighted by atomic mass is 10.1. The van der Waals surface area contributed by atoms with Crippen molar-refractivity contribution >= 4 is 5.97 Å². The highest BCUT2D eigenvalue weighted by molar-refractivity contribution is 5.75. The quantitative estimate of drug-likeness (QED) is 0.774. The molecule has 2 atom stereocenters. The third kappa shape index (κ3) is 3.54. The fourth-order valence-electron chi connectivity index (χ4n) is 1.55. The topological polar surface area (TPSA) is 55.8 Å². The summed E-state index contributed by atoms with van der Waals surface area (Å²) < 4.78 is 10.7. The second-order valence-electron chi connectivity index (χ2n) is 3.85. The largest absolute Gasteiger partial charge is 0.477 e. The van der Waals surface area contributed by atoms with Gasteiger partial charge in [0.1, 0.15) is 0 Å². The van der Waals surface area contributed by atoms with Gasteiger partial charge in [-0.15, -0.1) is 0 Å². The number of ether oxygens (including phenoxy) is 2. The molecule has 0 aliphatic rings. The molecule has 0 amide bonds. The van der Waals surface area contributed by atoms with Gasteiger partial charge in [0.15, 0.2) is 0 Å². The van der Waals surface area contributed by atoms with E-state index in [1.165, 1.54) is 6.92 Å². The molecule has 0 radical (unpaired) electrons. The summed E-state index contributed by atoms with van der Waals surface area (Å²) >= 11 is 0. The molecule has 0 bridgehead atoms. The van der Waals surface area contributed by atoms with E-state index in [1.54, 1.807) is 13.8 Å². The minimum atomic E-state index is -1.61. The van der Waals surface area contributed by atoms with E-state index in [1.807, 2.05) is 30.3 Å². The van der Waals surface area contributed by atoms with Crippen LogP contribution in [0.5, 0.6) is 0 Å². The van der Waals surface area contributed by atoms with Crippen LogP contribution in [0.2, 0.25) is 0 Å². The Labute approximate surface area is 101 Å². The van der Waals surface area contributed by atoms with Crippen LogP contribution in [0.3, 0.4) is 0 Å². The number of hydrogen-bond acceptors (Lipinski definition) is 3. The first kappa shape index (κ1) is 13.7. The molecule has 4 nitrogen and oxygen atoms in total. The van der Waals surface area contributed by atoms with E-state index < -0.39 is 11.8 Å². The zero-order valence-electron chi connectivity index (χ0n) is 10.3. The number of benzene rings is 1. The van der Waals surface area contributed by atoms with Gasteiger partial charge in [-0.1, -0.05) is 30.3 Å². The van der Waals surface area contributed by atoms with Crippen LogP contribution in [-0.4, -0.2) is 23.5 Å². The zero-order chi connectivity index (χ0) is 12.9.